The zero-order valence-electron chi connectivity index (χ0n) is 11.3. The fraction of sp³-hybridized carbons (Fsp3) is 0.154. The molecule has 0 aliphatic heterocycles. The molecule has 0 spiro atoms. The van der Waals surface area contributed by atoms with Gasteiger partial charge in [0.2, 0.25) is 5.03 Å². The van der Waals surface area contributed by atoms with Gasteiger partial charge in [-0.2, -0.15) is 8.42 Å². The number of thiazole rings is 1. The van der Waals surface area contributed by atoms with Crippen molar-refractivity contribution in [3.63, 3.8) is 0 Å². The third kappa shape index (κ3) is 2.16. The maximum atomic E-state index is 12.9. The summed E-state index contributed by atoms with van der Waals surface area (Å²) in [6, 6.07) is 8.95. The molecule has 8 heteroatoms. The predicted octanol–water partition coefficient (Wildman–Crippen LogP) is 2.19. The van der Waals surface area contributed by atoms with Crippen molar-refractivity contribution in [1.82, 2.24) is 9.38 Å². The summed E-state index contributed by atoms with van der Waals surface area (Å²) in [4.78, 5) is 4.67. The van der Waals surface area contributed by atoms with Crippen LogP contribution in [0.25, 0.3) is 4.96 Å². The van der Waals surface area contributed by atoms with Gasteiger partial charge in [0.05, 0.1) is 5.69 Å². The van der Waals surface area contributed by atoms with Gasteiger partial charge in [0, 0.05) is 18.1 Å². The highest BCUT2D eigenvalue weighted by Crippen LogP contribution is 2.29. The molecule has 0 aliphatic carbocycles. The summed E-state index contributed by atoms with van der Waals surface area (Å²) in [6.45, 7) is 2.09. The summed E-state index contributed by atoms with van der Waals surface area (Å²) in [5.74, 6) is 0.0243. The Kier molecular flexibility index (Phi) is 3.34. The zero-order chi connectivity index (χ0) is 15.0. The summed E-state index contributed by atoms with van der Waals surface area (Å²) in [5.41, 5.74) is 6.42. The van der Waals surface area contributed by atoms with Crippen molar-refractivity contribution in [2.24, 2.45) is 0 Å². The number of hydrogen-bond acceptors (Lipinski definition) is 5. The van der Waals surface area contributed by atoms with E-state index in [1.807, 2.05) is 6.07 Å². The van der Waals surface area contributed by atoms with E-state index >= 15 is 0 Å². The molecule has 0 saturated heterocycles. The van der Waals surface area contributed by atoms with Gasteiger partial charge >= 0.3 is 0 Å². The Labute approximate surface area is 126 Å². The van der Waals surface area contributed by atoms with Crippen LogP contribution >= 0.6 is 11.3 Å². The average Bonchev–Trinajstić information content (AvgIpc) is 2.99. The van der Waals surface area contributed by atoms with Gasteiger partial charge in [0.25, 0.3) is 10.0 Å². The highest BCUT2D eigenvalue weighted by atomic mass is 32.2. The molecule has 0 aliphatic rings. The van der Waals surface area contributed by atoms with Gasteiger partial charge in [-0.25, -0.2) is 4.98 Å². The maximum Gasteiger partial charge on any atom is 0.284 e. The fourth-order valence-electron chi connectivity index (χ4n) is 2.23. The number of benzene rings is 1. The van der Waals surface area contributed by atoms with Crippen LogP contribution < -0.4 is 10.0 Å². The largest absolute Gasteiger partial charge is 0.381 e. The van der Waals surface area contributed by atoms with Crippen molar-refractivity contribution in [2.45, 2.75) is 11.9 Å². The van der Waals surface area contributed by atoms with Crippen LogP contribution in [-0.4, -0.2) is 24.3 Å². The van der Waals surface area contributed by atoms with E-state index in [1.54, 1.807) is 42.8 Å². The average molecular weight is 322 g/mol. The second-order valence-electron chi connectivity index (χ2n) is 4.36. The van der Waals surface area contributed by atoms with E-state index in [-0.39, 0.29) is 10.8 Å². The molecular formula is C13H14N4O2S2. The van der Waals surface area contributed by atoms with E-state index < -0.39 is 10.0 Å². The molecule has 0 saturated carbocycles. The van der Waals surface area contributed by atoms with Gasteiger partial charge in [0.1, 0.15) is 0 Å². The van der Waals surface area contributed by atoms with Gasteiger partial charge in [-0.1, -0.05) is 18.2 Å². The molecule has 6 nitrogen and oxygen atoms in total. The normalized spacial score (nSPS) is 11.9. The molecule has 21 heavy (non-hydrogen) atoms. The van der Waals surface area contributed by atoms with Crippen LogP contribution in [0.2, 0.25) is 0 Å². The number of imidazole rings is 1. The molecule has 0 fully saturated rings. The lowest BCUT2D eigenvalue weighted by Crippen LogP contribution is -2.32. The monoisotopic (exact) mass is 322 g/mol. The number of fused-ring (bicyclic) bond motifs is 1. The Morgan fingerprint density at radius 1 is 1.33 bits per heavy atom. The number of aromatic nitrogens is 2. The Morgan fingerprint density at radius 2 is 2.05 bits per heavy atom. The van der Waals surface area contributed by atoms with Gasteiger partial charge in [-0.05, 0) is 19.1 Å². The van der Waals surface area contributed by atoms with Crippen LogP contribution in [0.3, 0.4) is 0 Å². The minimum Gasteiger partial charge on any atom is -0.381 e. The molecule has 3 aromatic rings. The van der Waals surface area contributed by atoms with Gasteiger partial charge in [-0.15, -0.1) is 11.3 Å². The van der Waals surface area contributed by atoms with E-state index in [0.29, 0.717) is 17.2 Å². The third-order valence-electron chi connectivity index (χ3n) is 3.11. The van der Waals surface area contributed by atoms with Crippen LogP contribution in [0.4, 0.5) is 11.5 Å². The summed E-state index contributed by atoms with van der Waals surface area (Å²) in [5, 5.41) is 1.80. The minimum atomic E-state index is -3.77. The van der Waals surface area contributed by atoms with Gasteiger partial charge in [0.15, 0.2) is 10.8 Å². The maximum absolute atomic E-state index is 12.9. The number of anilines is 2. The first kappa shape index (κ1) is 13.9. The van der Waals surface area contributed by atoms with Crippen molar-refractivity contribution >= 4 is 37.8 Å². The lowest BCUT2D eigenvalue weighted by atomic mass is 10.3. The van der Waals surface area contributed by atoms with Crippen LogP contribution in [0, 0.1) is 0 Å². The molecule has 0 unspecified atom stereocenters. The quantitative estimate of drug-likeness (QED) is 0.798. The standard InChI is InChI=1S/C13H14N4O2S2/c1-2-17(10-6-4-3-5-7-10)21(18,19)12-11(14)15-13-16(12)8-9-20-13/h3-9H,2,14H2,1H3. The molecular weight excluding hydrogens is 308 g/mol. The Balaban J connectivity index is 2.19. The lowest BCUT2D eigenvalue weighted by Gasteiger charge is -2.22. The summed E-state index contributed by atoms with van der Waals surface area (Å²) < 4.78 is 28.7. The Hall–Kier alpha value is -2.06. The molecule has 1 aromatic carbocycles. The molecule has 0 radical (unpaired) electrons. The van der Waals surface area contributed by atoms with Crippen LogP contribution in [0.1, 0.15) is 6.92 Å². The molecule has 0 atom stereocenters. The fourth-order valence-corrected chi connectivity index (χ4v) is 4.66. The molecule has 3 rings (SSSR count). The highest BCUT2D eigenvalue weighted by Gasteiger charge is 2.30. The van der Waals surface area contributed by atoms with Gasteiger partial charge < -0.3 is 5.73 Å². The topological polar surface area (TPSA) is 80.7 Å². The van der Waals surface area contributed by atoms with Crippen molar-refractivity contribution in [3.8, 4) is 0 Å². The number of nitrogens with zero attached hydrogens (tertiary/aromatic N) is 3. The second kappa shape index (κ2) is 5.05. The minimum absolute atomic E-state index is 0.0180. The summed E-state index contributed by atoms with van der Waals surface area (Å²) in [7, 11) is -3.77. The first-order valence-corrected chi connectivity index (χ1v) is 8.66. The smallest absolute Gasteiger partial charge is 0.284 e. The van der Waals surface area contributed by atoms with Crippen molar-refractivity contribution < 1.29 is 8.42 Å². The number of sulfonamides is 1. The van der Waals surface area contributed by atoms with Crippen LogP contribution in [0.15, 0.2) is 46.9 Å². The van der Waals surface area contributed by atoms with Crippen LogP contribution in [0.5, 0.6) is 0 Å². The third-order valence-corrected chi connectivity index (χ3v) is 5.81. The Morgan fingerprint density at radius 3 is 2.71 bits per heavy atom. The summed E-state index contributed by atoms with van der Waals surface area (Å²) in [6.07, 6.45) is 1.66. The van der Waals surface area contributed by atoms with Crippen molar-refractivity contribution in [2.75, 3.05) is 16.6 Å². The number of para-hydroxylation sites is 1. The van der Waals surface area contributed by atoms with Gasteiger partial charge in [-0.3, -0.25) is 8.71 Å². The Bertz CT molecular complexity index is 868. The number of rotatable bonds is 4. The molecule has 2 heterocycles. The highest BCUT2D eigenvalue weighted by molar-refractivity contribution is 7.92. The van der Waals surface area contributed by atoms with Crippen LogP contribution in [-0.2, 0) is 10.0 Å². The molecule has 0 bridgehead atoms. The SMILES string of the molecule is CCN(c1ccccc1)S(=O)(=O)c1c(N)nc2sccn12. The first-order chi connectivity index (χ1) is 10.1. The number of hydrogen-bond donors (Lipinski definition) is 1. The van der Waals surface area contributed by atoms with E-state index in [0.717, 1.165) is 0 Å². The zero-order valence-corrected chi connectivity index (χ0v) is 12.9. The molecule has 2 aromatic heterocycles. The van der Waals surface area contributed by atoms with Crippen molar-refractivity contribution in [1.29, 1.82) is 0 Å². The number of nitrogens with two attached hydrogens (primary N) is 1. The van der Waals surface area contributed by atoms with E-state index in [2.05, 4.69) is 4.98 Å². The van der Waals surface area contributed by atoms with E-state index in [9.17, 15) is 8.42 Å². The summed E-state index contributed by atoms with van der Waals surface area (Å²) >= 11 is 1.34. The molecule has 2 N–H and O–H groups in total. The molecule has 110 valence electrons. The lowest BCUT2D eigenvalue weighted by molar-refractivity contribution is 0.587. The molecule has 0 amide bonds. The van der Waals surface area contributed by atoms with E-state index in [4.69, 9.17) is 5.73 Å². The predicted molar refractivity (Wildman–Crippen MR) is 84.1 cm³/mol. The van der Waals surface area contributed by atoms with Crippen molar-refractivity contribution in [3.05, 3.63) is 41.9 Å². The second-order valence-corrected chi connectivity index (χ2v) is 7.01. The number of nitrogen functional groups attached to an aromatic ring is 1. The van der Waals surface area contributed by atoms with E-state index in [1.165, 1.54) is 20.0 Å². The first-order valence-electron chi connectivity index (χ1n) is 6.34.